The van der Waals surface area contributed by atoms with Gasteiger partial charge in [0.1, 0.15) is 5.82 Å². The van der Waals surface area contributed by atoms with Crippen LogP contribution in [0.3, 0.4) is 0 Å². The summed E-state index contributed by atoms with van der Waals surface area (Å²) < 4.78 is 13.0. The second-order valence-corrected chi connectivity index (χ2v) is 7.08. The molecule has 142 valence electrons. The number of hydrogen-bond acceptors (Lipinski definition) is 2. The molecule has 0 fully saturated rings. The molecule has 5 heteroatoms. The number of para-hydroxylation sites is 1. The smallest absolute Gasteiger partial charge is 0.229 e. The highest BCUT2D eigenvalue weighted by atomic mass is 19.1. The normalized spacial score (nSPS) is 15.5. The fourth-order valence-corrected chi connectivity index (χ4v) is 3.64. The number of nitrogens with zero attached hydrogens (tertiary/aromatic N) is 2. The van der Waals surface area contributed by atoms with Crippen molar-refractivity contribution < 1.29 is 14.0 Å². The van der Waals surface area contributed by atoms with E-state index in [-0.39, 0.29) is 23.7 Å². The number of hydrogen-bond donors (Lipinski definition) is 0. The lowest BCUT2D eigenvalue weighted by Crippen LogP contribution is -2.39. The molecule has 2 amide bonds. The Kier molecular flexibility index (Phi) is 5.89. The summed E-state index contributed by atoms with van der Waals surface area (Å²) in [6, 6.07) is 14.4. The van der Waals surface area contributed by atoms with Crippen molar-refractivity contribution in [2.45, 2.75) is 39.2 Å². The Labute approximate surface area is 159 Å². The number of rotatable bonds is 6. The van der Waals surface area contributed by atoms with Crippen LogP contribution in [0.15, 0.2) is 48.5 Å². The number of amides is 2. The molecule has 1 aliphatic heterocycles. The Bertz CT molecular complexity index is 819. The van der Waals surface area contributed by atoms with Gasteiger partial charge in [-0.15, -0.1) is 0 Å². The van der Waals surface area contributed by atoms with Crippen molar-refractivity contribution >= 4 is 17.5 Å². The van der Waals surface area contributed by atoms with Crippen molar-refractivity contribution in [1.82, 2.24) is 4.90 Å². The molecule has 0 spiro atoms. The predicted octanol–water partition coefficient (Wildman–Crippen LogP) is 3.58. The fraction of sp³-hybridized carbons (Fsp3) is 0.364. The number of carbonyl (C=O) groups excluding carboxylic acids is 2. The van der Waals surface area contributed by atoms with Gasteiger partial charge in [-0.2, -0.15) is 0 Å². The van der Waals surface area contributed by atoms with E-state index in [1.54, 1.807) is 17.0 Å². The summed E-state index contributed by atoms with van der Waals surface area (Å²) >= 11 is 0. The van der Waals surface area contributed by atoms with Crippen LogP contribution in [0.25, 0.3) is 0 Å². The van der Waals surface area contributed by atoms with Gasteiger partial charge in [0.05, 0.1) is 0 Å². The quantitative estimate of drug-likeness (QED) is 0.782. The van der Waals surface area contributed by atoms with Gasteiger partial charge in [-0.3, -0.25) is 9.59 Å². The monoisotopic (exact) mass is 368 g/mol. The lowest BCUT2D eigenvalue weighted by molar-refractivity contribution is -0.129. The van der Waals surface area contributed by atoms with Gasteiger partial charge in [0, 0.05) is 38.2 Å². The first-order chi connectivity index (χ1) is 13.0. The summed E-state index contributed by atoms with van der Waals surface area (Å²) in [5.74, 6) is -0.284. The molecule has 27 heavy (non-hydrogen) atoms. The SMILES string of the molecule is CC(=O)N(CCC(=O)N1c2ccccc2CC1C)CCc1ccc(F)cc1. The lowest BCUT2D eigenvalue weighted by atomic mass is 10.1. The van der Waals surface area contributed by atoms with Crippen LogP contribution in [0.5, 0.6) is 0 Å². The van der Waals surface area contributed by atoms with Crippen molar-refractivity contribution in [2.24, 2.45) is 0 Å². The Morgan fingerprint density at radius 2 is 1.81 bits per heavy atom. The van der Waals surface area contributed by atoms with E-state index < -0.39 is 0 Å². The van der Waals surface area contributed by atoms with Crippen LogP contribution >= 0.6 is 0 Å². The number of carbonyl (C=O) groups is 2. The van der Waals surface area contributed by atoms with Crippen LogP contribution in [0.1, 0.15) is 31.4 Å². The van der Waals surface area contributed by atoms with Gasteiger partial charge in [0.15, 0.2) is 0 Å². The van der Waals surface area contributed by atoms with E-state index in [4.69, 9.17) is 0 Å². The minimum Gasteiger partial charge on any atom is -0.342 e. The summed E-state index contributed by atoms with van der Waals surface area (Å²) in [5.41, 5.74) is 3.14. The molecule has 3 rings (SSSR count). The van der Waals surface area contributed by atoms with Crippen LogP contribution < -0.4 is 4.90 Å². The zero-order valence-corrected chi connectivity index (χ0v) is 15.8. The Balaban J connectivity index is 1.58. The van der Waals surface area contributed by atoms with Crippen LogP contribution in [0, 0.1) is 5.82 Å². The van der Waals surface area contributed by atoms with Gasteiger partial charge in [-0.05, 0) is 49.1 Å². The van der Waals surface area contributed by atoms with E-state index in [1.165, 1.54) is 24.6 Å². The molecule has 0 bridgehead atoms. The van der Waals surface area contributed by atoms with Crippen LogP contribution in [-0.4, -0.2) is 35.8 Å². The molecule has 0 aromatic heterocycles. The maximum atomic E-state index is 13.0. The minimum absolute atomic E-state index is 0.0421. The van der Waals surface area contributed by atoms with Crippen LogP contribution in [0.4, 0.5) is 10.1 Å². The highest BCUT2D eigenvalue weighted by Crippen LogP contribution is 2.32. The van der Waals surface area contributed by atoms with Gasteiger partial charge < -0.3 is 9.80 Å². The van der Waals surface area contributed by atoms with E-state index in [0.717, 1.165) is 17.7 Å². The highest BCUT2D eigenvalue weighted by Gasteiger charge is 2.30. The molecular formula is C22H25FN2O2. The van der Waals surface area contributed by atoms with Crippen LogP contribution in [0.2, 0.25) is 0 Å². The van der Waals surface area contributed by atoms with Gasteiger partial charge in [-0.1, -0.05) is 30.3 Å². The number of benzene rings is 2. The van der Waals surface area contributed by atoms with E-state index in [2.05, 4.69) is 13.0 Å². The van der Waals surface area contributed by atoms with Gasteiger partial charge >= 0.3 is 0 Å². The lowest BCUT2D eigenvalue weighted by Gasteiger charge is -2.25. The third kappa shape index (κ3) is 4.54. The van der Waals surface area contributed by atoms with Gasteiger partial charge in [-0.25, -0.2) is 4.39 Å². The molecule has 1 unspecified atom stereocenters. The second-order valence-electron chi connectivity index (χ2n) is 7.08. The molecule has 0 saturated heterocycles. The number of anilines is 1. The first-order valence-electron chi connectivity index (χ1n) is 9.35. The van der Waals surface area contributed by atoms with E-state index in [9.17, 15) is 14.0 Å². The van der Waals surface area contributed by atoms with Crippen molar-refractivity contribution in [3.8, 4) is 0 Å². The highest BCUT2D eigenvalue weighted by molar-refractivity contribution is 5.96. The van der Waals surface area contributed by atoms with Crippen molar-refractivity contribution in [1.29, 1.82) is 0 Å². The standard InChI is InChI=1S/C22H25FN2O2/c1-16-15-19-5-3-4-6-21(19)25(16)22(27)12-14-24(17(2)26)13-11-18-7-9-20(23)10-8-18/h3-10,16H,11-15H2,1-2H3. The topological polar surface area (TPSA) is 40.6 Å². The molecule has 1 aliphatic rings. The zero-order chi connectivity index (χ0) is 19.4. The first kappa shape index (κ1) is 19.1. The van der Waals surface area contributed by atoms with E-state index in [1.807, 2.05) is 23.1 Å². The van der Waals surface area contributed by atoms with E-state index >= 15 is 0 Å². The summed E-state index contributed by atoms with van der Waals surface area (Å²) in [7, 11) is 0. The fourth-order valence-electron chi connectivity index (χ4n) is 3.64. The number of fused-ring (bicyclic) bond motifs is 1. The molecule has 0 aliphatic carbocycles. The Morgan fingerprint density at radius 3 is 2.52 bits per heavy atom. The van der Waals surface area contributed by atoms with Crippen LogP contribution in [-0.2, 0) is 22.4 Å². The van der Waals surface area contributed by atoms with Gasteiger partial charge in [0.25, 0.3) is 0 Å². The Hall–Kier alpha value is -2.69. The van der Waals surface area contributed by atoms with Gasteiger partial charge in [0.2, 0.25) is 11.8 Å². The average Bonchev–Trinajstić information content (AvgIpc) is 2.98. The molecule has 2 aromatic rings. The maximum absolute atomic E-state index is 13.0. The largest absolute Gasteiger partial charge is 0.342 e. The molecule has 1 atom stereocenters. The molecular weight excluding hydrogens is 343 g/mol. The van der Waals surface area contributed by atoms with E-state index in [0.29, 0.717) is 25.9 Å². The minimum atomic E-state index is -0.271. The van der Waals surface area contributed by atoms with Crippen molar-refractivity contribution in [3.05, 3.63) is 65.5 Å². The average molecular weight is 368 g/mol. The summed E-state index contributed by atoms with van der Waals surface area (Å²) in [5, 5.41) is 0. The third-order valence-corrected chi connectivity index (χ3v) is 5.10. The van der Waals surface area contributed by atoms with Crippen molar-refractivity contribution in [2.75, 3.05) is 18.0 Å². The summed E-state index contributed by atoms with van der Waals surface area (Å²) in [6.45, 7) is 4.47. The molecule has 0 N–H and O–H groups in total. The first-order valence-corrected chi connectivity index (χ1v) is 9.35. The molecule has 2 aromatic carbocycles. The zero-order valence-electron chi connectivity index (χ0n) is 15.8. The summed E-state index contributed by atoms with van der Waals surface area (Å²) in [4.78, 5) is 28.3. The summed E-state index contributed by atoms with van der Waals surface area (Å²) in [6.07, 6.45) is 1.79. The Morgan fingerprint density at radius 1 is 1.11 bits per heavy atom. The third-order valence-electron chi connectivity index (χ3n) is 5.10. The number of halogens is 1. The predicted molar refractivity (Wildman–Crippen MR) is 104 cm³/mol. The van der Waals surface area contributed by atoms with Crippen molar-refractivity contribution in [3.63, 3.8) is 0 Å². The second kappa shape index (κ2) is 8.33. The molecule has 0 saturated carbocycles. The maximum Gasteiger partial charge on any atom is 0.229 e. The molecule has 1 heterocycles. The molecule has 4 nitrogen and oxygen atoms in total. The molecule has 0 radical (unpaired) electrons.